The molecule has 0 saturated heterocycles. The van der Waals surface area contributed by atoms with Gasteiger partial charge in [0.1, 0.15) is 12.7 Å². The lowest BCUT2D eigenvalue weighted by Crippen LogP contribution is -2.30. The number of nitrogens with one attached hydrogen (secondary N) is 1. The van der Waals surface area contributed by atoms with E-state index >= 15 is 0 Å². The third-order valence-corrected chi connectivity index (χ3v) is 5.58. The lowest BCUT2D eigenvalue weighted by atomic mass is 9.82. The summed E-state index contributed by atoms with van der Waals surface area (Å²) < 4.78 is 5.12. The number of carbonyl (C=O) groups is 3. The topological polar surface area (TPSA) is 113 Å². The molecule has 1 aliphatic carbocycles. The van der Waals surface area contributed by atoms with E-state index in [4.69, 9.17) is 4.74 Å². The molecule has 0 heterocycles. The van der Waals surface area contributed by atoms with Crippen molar-refractivity contribution in [3.63, 3.8) is 0 Å². The van der Waals surface area contributed by atoms with E-state index in [1.165, 1.54) is 12.1 Å². The molecule has 1 amide bonds. The van der Waals surface area contributed by atoms with Gasteiger partial charge in [-0.3, -0.25) is 9.59 Å². The number of Topliss-reactive ketones (excluding diaryl/α,β-unsaturated/α-hetero) is 2. The van der Waals surface area contributed by atoms with Gasteiger partial charge in [0.25, 0.3) is 0 Å². The highest BCUT2D eigenvalue weighted by Gasteiger charge is 2.31. The van der Waals surface area contributed by atoms with Gasteiger partial charge >= 0.3 is 6.09 Å². The average molecular weight is 445 g/mol. The lowest BCUT2D eigenvalue weighted by molar-refractivity contribution is 0.0136. The van der Waals surface area contributed by atoms with Gasteiger partial charge in [0.05, 0.1) is 6.10 Å². The Bertz CT molecular complexity index is 1190. The molecule has 7 heteroatoms. The normalized spacial score (nSPS) is 14.1. The summed E-state index contributed by atoms with van der Waals surface area (Å²) in [5.74, 6) is -1.15. The van der Waals surface area contributed by atoms with Crippen LogP contribution in [0.1, 0.15) is 44.4 Å². The summed E-state index contributed by atoms with van der Waals surface area (Å²) in [6.07, 6.45) is -2.92. The predicted molar refractivity (Wildman–Crippen MR) is 121 cm³/mol. The SMILES string of the molecule is O=C(NCCC(O)C(O)c1ccc2c(c1)-c1ccccc1C(=O)C2=O)OCc1ccccc1. The number of amides is 1. The van der Waals surface area contributed by atoms with Crippen molar-refractivity contribution in [3.05, 3.63) is 95.1 Å². The molecule has 0 radical (unpaired) electrons. The fourth-order valence-corrected chi connectivity index (χ4v) is 3.80. The first kappa shape index (κ1) is 22.4. The first-order chi connectivity index (χ1) is 16.0. The summed E-state index contributed by atoms with van der Waals surface area (Å²) in [6, 6.07) is 20.7. The number of hydrogen-bond donors (Lipinski definition) is 3. The number of aliphatic hydroxyl groups is 2. The van der Waals surface area contributed by atoms with Gasteiger partial charge in [-0.15, -0.1) is 0 Å². The first-order valence-corrected chi connectivity index (χ1v) is 10.6. The fourth-order valence-electron chi connectivity index (χ4n) is 3.80. The summed E-state index contributed by atoms with van der Waals surface area (Å²) in [5.41, 5.74) is 3.01. The highest BCUT2D eigenvalue weighted by atomic mass is 16.5. The second-order valence-corrected chi connectivity index (χ2v) is 7.80. The standard InChI is InChI=1S/C26H23NO6/c28-22(12-13-27-26(32)33-15-16-6-2-1-3-7-16)23(29)17-10-11-20-21(14-17)18-8-4-5-9-19(18)24(30)25(20)31/h1-11,14,22-23,28-29H,12-13,15H2,(H,27,32). The molecule has 3 N–H and O–H groups in total. The van der Waals surface area contributed by atoms with Crippen LogP contribution in [-0.4, -0.2) is 40.5 Å². The zero-order valence-corrected chi connectivity index (χ0v) is 17.7. The molecule has 0 spiro atoms. The summed E-state index contributed by atoms with van der Waals surface area (Å²) in [7, 11) is 0. The summed E-state index contributed by atoms with van der Waals surface area (Å²) in [5, 5.41) is 23.6. The Morgan fingerprint density at radius 3 is 2.18 bits per heavy atom. The largest absolute Gasteiger partial charge is 0.445 e. The minimum atomic E-state index is -1.24. The Kier molecular flexibility index (Phi) is 6.63. The van der Waals surface area contributed by atoms with Gasteiger partial charge in [-0.25, -0.2) is 4.79 Å². The van der Waals surface area contributed by atoms with E-state index in [2.05, 4.69) is 5.32 Å². The van der Waals surface area contributed by atoms with Crippen molar-refractivity contribution in [3.8, 4) is 11.1 Å². The smallest absolute Gasteiger partial charge is 0.407 e. The number of rotatable bonds is 7. The maximum absolute atomic E-state index is 12.4. The van der Waals surface area contributed by atoms with Crippen LogP contribution in [0.4, 0.5) is 4.79 Å². The van der Waals surface area contributed by atoms with Gasteiger partial charge in [0, 0.05) is 17.7 Å². The number of alkyl carbamates (subject to hydrolysis) is 1. The number of ketones is 2. The van der Waals surface area contributed by atoms with E-state index < -0.39 is 29.9 Å². The number of carbonyl (C=O) groups excluding carboxylic acids is 3. The van der Waals surface area contributed by atoms with Crippen LogP contribution in [0, 0.1) is 0 Å². The summed E-state index contributed by atoms with van der Waals surface area (Å²) in [6.45, 7) is 0.238. The van der Waals surface area contributed by atoms with Crippen LogP contribution >= 0.6 is 0 Å². The van der Waals surface area contributed by atoms with Gasteiger partial charge in [-0.2, -0.15) is 0 Å². The Labute approximate surface area is 190 Å². The Hall–Kier alpha value is -3.81. The van der Waals surface area contributed by atoms with E-state index in [1.807, 2.05) is 30.3 Å². The van der Waals surface area contributed by atoms with Crippen LogP contribution in [0.15, 0.2) is 72.8 Å². The second-order valence-electron chi connectivity index (χ2n) is 7.80. The Balaban J connectivity index is 1.37. The third kappa shape index (κ3) is 4.84. The van der Waals surface area contributed by atoms with E-state index in [0.717, 1.165) is 5.56 Å². The van der Waals surface area contributed by atoms with Crippen molar-refractivity contribution < 1.29 is 29.3 Å². The Morgan fingerprint density at radius 1 is 0.818 bits per heavy atom. The fraction of sp³-hybridized carbons (Fsp3) is 0.192. The zero-order valence-electron chi connectivity index (χ0n) is 17.7. The molecule has 1 aliphatic rings. The highest BCUT2D eigenvalue weighted by Crippen LogP contribution is 2.35. The van der Waals surface area contributed by atoms with E-state index in [0.29, 0.717) is 22.3 Å². The van der Waals surface area contributed by atoms with Crippen LogP contribution < -0.4 is 5.32 Å². The van der Waals surface area contributed by atoms with Crippen LogP contribution in [0.25, 0.3) is 11.1 Å². The minimum Gasteiger partial charge on any atom is -0.445 e. The lowest BCUT2D eigenvalue weighted by Gasteiger charge is -2.22. The van der Waals surface area contributed by atoms with Crippen molar-refractivity contribution in [2.24, 2.45) is 0 Å². The Morgan fingerprint density at radius 2 is 1.45 bits per heavy atom. The van der Waals surface area contributed by atoms with Crippen LogP contribution in [0.5, 0.6) is 0 Å². The quantitative estimate of drug-likeness (QED) is 0.480. The first-order valence-electron chi connectivity index (χ1n) is 10.6. The number of benzene rings is 3. The summed E-state index contributed by atoms with van der Waals surface area (Å²) in [4.78, 5) is 36.6. The maximum Gasteiger partial charge on any atom is 0.407 e. The van der Waals surface area contributed by atoms with Gasteiger partial charge < -0.3 is 20.3 Å². The summed E-state index contributed by atoms with van der Waals surface area (Å²) >= 11 is 0. The molecule has 0 saturated carbocycles. The molecule has 7 nitrogen and oxygen atoms in total. The molecule has 33 heavy (non-hydrogen) atoms. The molecule has 0 aliphatic heterocycles. The number of hydrogen-bond acceptors (Lipinski definition) is 6. The highest BCUT2D eigenvalue weighted by molar-refractivity contribution is 6.53. The van der Waals surface area contributed by atoms with E-state index in [1.54, 1.807) is 30.3 Å². The average Bonchev–Trinajstić information content (AvgIpc) is 2.85. The van der Waals surface area contributed by atoms with Gasteiger partial charge in [-0.1, -0.05) is 60.7 Å². The molecule has 4 rings (SSSR count). The number of ether oxygens (including phenoxy) is 1. The molecule has 3 aromatic rings. The van der Waals surface area contributed by atoms with Gasteiger partial charge in [-0.05, 0) is 40.8 Å². The maximum atomic E-state index is 12.4. The van der Waals surface area contributed by atoms with Crippen LogP contribution in [-0.2, 0) is 11.3 Å². The second kappa shape index (κ2) is 9.77. The van der Waals surface area contributed by atoms with Crippen molar-refractivity contribution >= 4 is 17.7 Å². The molecule has 0 fully saturated rings. The van der Waals surface area contributed by atoms with E-state index in [9.17, 15) is 24.6 Å². The monoisotopic (exact) mass is 445 g/mol. The number of fused-ring (bicyclic) bond motifs is 3. The van der Waals surface area contributed by atoms with Gasteiger partial charge in [0.2, 0.25) is 11.6 Å². The third-order valence-electron chi connectivity index (χ3n) is 5.58. The van der Waals surface area contributed by atoms with Crippen molar-refractivity contribution in [1.29, 1.82) is 0 Å². The van der Waals surface area contributed by atoms with Crippen LogP contribution in [0.3, 0.4) is 0 Å². The molecule has 168 valence electrons. The van der Waals surface area contributed by atoms with E-state index in [-0.39, 0.29) is 25.1 Å². The van der Waals surface area contributed by atoms with Crippen LogP contribution in [0.2, 0.25) is 0 Å². The molecular weight excluding hydrogens is 422 g/mol. The molecule has 0 aromatic heterocycles. The molecule has 2 unspecified atom stereocenters. The number of aliphatic hydroxyl groups excluding tert-OH is 2. The molecule has 0 bridgehead atoms. The molecular formula is C26H23NO6. The molecule has 2 atom stereocenters. The minimum absolute atomic E-state index is 0.0900. The molecule has 3 aromatic carbocycles. The van der Waals surface area contributed by atoms with Crippen molar-refractivity contribution in [2.75, 3.05) is 6.54 Å². The predicted octanol–water partition coefficient (Wildman–Crippen LogP) is 3.44. The van der Waals surface area contributed by atoms with Crippen molar-refractivity contribution in [2.45, 2.75) is 25.2 Å². The zero-order chi connectivity index (χ0) is 23.4. The van der Waals surface area contributed by atoms with Crippen molar-refractivity contribution in [1.82, 2.24) is 5.32 Å². The van der Waals surface area contributed by atoms with Gasteiger partial charge in [0.15, 0.2) is 0 Å².